The van der Waals surface area contributed by atoms with Crippen LogP contribution in [0.5, 0.6) is 5.75 Å². The lowest BCUT2D eigenvalue weighted by Crippen LogP contribution is -2.66. The second kappa shape index (κ2) is 10.5. The van der Waals surface area contributed by atoms with E-state index in [4.69, 9.17) is 14.2 Å². The molecule has 2 atom stereocenters. The quantitative estimate of drug-likeness (QED) is 0.247. The molecule has 4 heterocycles. The van der Waals surface area contributed by atoms with Gasteiger partial charge in [-0.1, -0.05) is 30.3 Å². The van der Waals surface area contributed by atoms with Crippen LogP contribution in [0, 0.1) is 11.6 Å². The molecule has 1 amide bonds. The Morgan fingerprint density at radius 2 is 1.91 bits per heavy atom. The molecule has 10 nitrogen and oxygen atoms in total. The molecule has 13 heteroatoms. The number of carbonyl (C=O) groups excluding carboxylic acids is 2. The molecule has 0 bridgehead atoms. The van der Waals surface area contributed by atoms with Crippen molar-refractivity contribution in [2.45, 2.75) is 12.2 Å². The molecule has 7 rings (SSSR count). The third-order valence-electron chi connectivity index (χ3n) is 7.83. The zero-order chi connectivity index (χ0) is 29.8. The average molecular weight is 608 g/mol. The Labute approximate surface area is 247 Å². The summed E-state index contributed by atoms with van der Waals surface area (Å²) >= 11 is 1.31. The van der Waals surface area contributed by atoms with Gasteiger partial charge in [-0.3, -0.25) is 19.3 Å². The van der Waals surface area contributed by atoms with Crippen molar-refractivity contribution in [3.63, 3.8) is 0 Å². The molecule has 0 saturated carbocycles. The molecule has 1 fully saturated rings. The predicted molar refractivity (Wildman–Crippen MR) is 150 cm³/mol. The normalized spacial score (nSPS) is 18.4. The summed E-state index contributed by atoms with van der Waals surface area (Å²) in [5, 5.41) is 3.67. The molecule has 0 spiro atoms. The number of halogens is 2. The molecule has 2 aromatic carbocycles. The highest BCUT2D eigenvalue weighted by Gasteiger charge is 2.47. The second-order valence-corrected chi connectivity index (χ2v) is 10.9. The maximum absolute atomic E-state index is 15.8. The van der Waals surface area contributed by atoms with E-state index in [2.05, 4.69) is 4.74 Å². The molecule has 0 radical (unpaired) electrons. The van der Waals surface area contributed by atoms with Crippen LogP contribution in [0.4, 0.5) is 13.6 Å². The highest BCUT2D eigenvalue weighted by molar-refractivity contribution is 7.14. The fourth-order valence-corrected chi connectivity index (χ4v) is 7.00. The second-order valence-electron chi connectivity index (χ2n) is 9.98. The highest BCUT2D eigenvalue weighted by Crippen LogP contribution is 2.51. The number of morpholine rings is 1. The summed E-state index contributed by atoms with van der Waals surface area (Å²) in [5.74, 6) is -2.79. The zero-order valence-electron chi connectivity index (χ0n) is 22.6. The molecule has 3 aliphatic rings. The summed E-state index contributed by atoms with van der Waals surface area (Å²) in [6.07, 6.45) is -0.275. The first-order chi connectivity index (χ1) is 20.9. The highest BCUT2D eigenvalue weighted by atomic mass is 32.1. The van der Waals surface area contributed by atoms with Crippen molar-refractivity contribution in [1.82, 2.24) is 9.58 Å². The van der Waals surface area contributed by atoms with Crippen molar-refractivity contribution < 1.29 is 37.3 Å². The van der Waals surface area contributed by atoms with Crippen LogP contribution in [-0.2, 0) is 14.2 Å². The third-order valence-corrected chi connectivity index (χ3v) is 8.76. The fourth-order valence-electron chi connectivity index (χ4n) is 6.03. The maximum Gasteiger partial charge on any atom is 0.510 e. The first-order valence-corrected chi connectivity index (χ1v) is 14.2. The van der Waals surface area contributed by atoms with Crippen LogP contribution in [0.15, 0.2) is 64.9 Å². The van der Waals surface area contributed by atoms with E-state index in [1.54, 1.807) is 11.0 Å². The monoisotopic (exact) mass is 607 g/mol. The Hall–Kier alpha value is -4.75. The van der Waals surface area contributed by atoms with Gasteiger partial charge >= 0.3 is 6.16 Å². The number of methoxy groups -OCH3 is 1. The van der Waals surface area contributed by atoms with Crippen LogP contribution in [0.1, 0.15) is 27.7 Å². The van der Waals surface area contributed by atoms with E-state index in [1.807, 2.05) is 40.7 Å². The van der Waals surface area contributed by atoms with Crippen LogP contribution in [0.25, 0.3) is 21.6 Å². The van der Waals surface area contributed by atoms with E-state index in [-0.39, 0.29) is 36.8 Å². The summed E-state index contributed by atoms with van der Waals surface area (Å²) in [6, 6.07) is 12.5. The van der Waals surface area contributed by atoms with E-state index in [1.165, 1.54) is 28.3 Å². The molecule has 2 aromatic heterocycles. The van der Waals surface area contributed by atoms with Gasteiger partial charge in [-0.2, -0.15) is 0 Å². The number of aromatic nitrogens is 1. The van der Waals surface area contributed by atoms with Crippen LogP contribution in [0.3, 0.4) is 0 Å². The minimum Gasteiger partial charge on any atom is -0.451 e. The Morgan fingerprint density at radius 1 is 1.07 bits per heavy atom. The van der Waals surface area contributed by atoms with Crippen molar-refractivity contribution in [3.05, 3.63) is 98.8 Å². The van der Waals surface area contributed by atoms with Gasteiger partial charge in [0.1, 0.15) is 6.17 Å². The van der Waals surface area contributed by atoms with Gasteiger partial charge in [0.25, 0.3) is 5.91 Å². The average Bonchev–Trinajstić information content (AvgIpc) is 3.47. The minimum atomic E-state index is -1.03. The number of rotatable bonds is 4. The molecule has 0 unspecified atom stereocenters. The van der Waals surface area contributed by atoms with E-state index in [9.17, 15) is 18.8 Å². The van der Waals surface area contributed by atoms with Crippen LogP contribution >= 0.6 is 11.3 Å². The molecule has 1 saturated heterocycles. The molecule has 2 aliphatic heterocycles. The number of carbonyl (C=O) groups is 2. The number of ether oxygens (including phenoxy) is 4. The van der Waals surface area contributed by atoms with Crippen molar-refractivity contribution >= 4 is 23.4 Å². The van der Waals surface area contributed by atoms with Gasteiger partial charge in [0, 0.05) is 34.8 Å². The molecule has 43 heavy (non-hydrogen) atoms. The van der Waals surface area contributed by atoms with E-state index >= 15 is 4.39 Å². The number of thiophene rings is 1. The molecule has 4 aromatic rings. The van der Waals surface area contributed by atoms with Gasteiger partial charge < -0.3 is 23.8 Å². The molecule has 220 valence electrons. The van der Waals surface area contributed by atoms with Gasteiger partial charge in [-0.15, -0.1) is 11.3 Å². The van der Waals surface area contributed by atoms with E-state index in [0.717, 1.165) is 29.9 Å². The van der Waals surface area contributed by atoms with Gasteiger partial charge in [-0.25, -0.2) is 13.6 Å². The minimum absolute atomic E-state index is 0.110. The Balaban J connectivity index is 1.49. The molecular weight excluding hydrogens is 584 g/mol. The summed E-state index contributed by atoms with van der Waals surface area (Å²) < 4.78 is 52.8. The van der Waals surface area contributed by atoms with Gasteiger partial charge in [0.05, 0.1) is 26.4 Å². The first-order valence-electron chi connectivity index (χ1n) is 13.3. The van der Waals surface area contributed by atoms with E-state index < -0.39 is 48.1 Å². The van der Waals surface area contributed by atoms with Crippen LogP contribution < -0.4 is 15.2 Å². The summed E-state index contributed by atoms with van der Waals surface area (Å²) in [6.45, 7) is -0.117. The van der Waals surface area contributed by atoms with Crippen molar-refractivity contribution in [2.75, 3.05) is 38.7 Å². The summed E-state index contributed by atoms with van der Waals surface area (Å²) in [7, 11) is 1.12. The Morgan fingerprint density at radius 3 is 2.74 bits per heavy atom. The molecular formula is C30H23F2N3O7S. The Bertz CT molecular complexity index is 1840. The molecule has 1 aliphatic carbocycles. The number of amides is 1. The lowest BCUT2D eigenvalue weighted by atomic mass is 9.92. The number of benzene rings is 2. The number of pyridine rings is 1. The SMILES string of the molecule is COC(=O)OCOc1c2n(ccc1=O)N([C@@H]1c3ccccc3-c3ccsc3-c3c1ccc(F)c3F)[C@@H]1COCCN1C2=O. The predicted octanol–water partition coefficient (Wildman–Crippen LogP) is 4.49. The number of hydrogen-bond acceptors (Lipinski definition) is 9. The topological polar surface area (TPSA) is 99.5 Å². The number of nitrogens with zero attached hydrogens (tertiary/aromatic N) is 3. The molecule has 0 N–H and O–H groups in total. The third kappa shape index (κ3) is 4.18. The van der Waals surface area contributed by atoms with Crippen molar-refractivity contribution in [2.24, 2.45) is 0 Å². The van der Waals surface area contributed by atoms with Crippen molar-refractivity contribution in [3.8, 4) is 27.3 Å². The summed E-state index contributed by atoms with van der Waals surface area (Å²) in [4.78, 5) is 40.7. The standard InChI is InChI=1S/C30H23F2N3O7S/c1-39-30(38)42-15-41-27-21(36)8-10-34-26(27)29(37)33-11-12-40-14-22(33)35(34)25-17-5-3-2-4-16(17)18-9-13-43-28(18)23-19(25)6-7-20(31)24(23)32/h2-10,13,22,25H,11-12,14-15H2,1H3/t22-,25-/m1/s1. The van der Waals surface area contributed by atoms with E-state index in [0.29, 0.717) is 10.4 Å². The van der Waals surface area contributed by atoms with Crippen molar-refractivity contribution in [1.29, 1.82) is 0 Å². The first kappa shape index (κ1) is 27.1. The zero-order valence-corrected chi connectivity index (χ0v) is 23.4. The number of fused-ring (bicyclic) bond motifs is 7. The fraction of sp³-hybridized carbons (Fsp3) is 0.233. The summed E-state index contributed by atoms with van der Waals surface area (Å²) in [5.41, 5.74) is 2.20. The smallest absolute Gasteiger partial charge is 0.451 e. The van der Waals surface area contributed by atoms with Crippen LogP contribution in [0.2, 0.25) is 0 Å². The van der Waals surface area contributed by atoms with Gasteiger partial charge in [-0.05, 0) is 34.2 Å². The number of hydrogen-bond donors (Lipinski definition) is 0. The Kier molecular flexibility index (Phi) is 6.62. The van der Waals surface area contributed by atoms with Crippen LogP contribution in [-0.4, -0.2) is 61.5 Å². The lowest BCUT2D eigenvalue weighted by Gasteiger charge is -2.51. The largest absolute Gasteiger partial charge is 0.510 e. The van der Waals surface area contributed by atoms with Gasteiger partial charge in [0.2, 0.25) is 18.0 Å². The van der Waals surface area contributed by atoms with Gasteiger partial charge in [0.15, 0.2) is 17.3 Å². The maximum atomic E-state index is 15.8. The lowest BCUT2D eigenvalue weighted by molar-refractivity contribution is -0.0208.